The van der Waals surface area contributed by atoms with Crippen LogP contribution in [0.15, 0.2) is 36.4 Å². The van der Waals surface area contributed by atoms with E-state index in [0.717, 1.165) is 16.9 Å². The predicted octanol–water partition coefficient (Wildman–Crippen LogP) is 4.92. The molecule has 0 amide bonds. The zero-order chi connectivity index (χ0) is 13.1. The van der Waals surface area contributed by atoms with Gasteiger partial charge in [0.1, 0.15) is 6.07 Å². The number of benzene rings is 2. The number of hydrogen-bond donors (Lipinski definition) is 1. The summed E-state index contributed by atoms with van der Waals surface area (Å²) in [5.41, 5.74) is 3.31. The van der Waals surface area contributed by atoms with Crippen LogP contribution in [-0.4, -0.2) is 0 Å². The van der Waals surface area contributed by atoms with Gasteiger partial charge in [-0.1, -0.05) is 23.2 Å². The first kappa shape index (κ1) is 12.8. The number of hydrogen-bond acceptors (Lipinski definition) is 2. The van der Waals surface area contributed by atoms with Crippen LogP contribution >= 0.6 is 23.2 Å². The van der Waals surface area contributed by atoms with Gasteiger partial charge >= 0.3 is 0 Å². The summed E-state index contributed by atoms with van der Waals surface area (Å²) in [7, 11) is 0. The summed E-state index contributed by atoms with van der Waals surface area (Å²) in [6.45, 7) is 1.97. The van der Waals surface area contributed by atoms with Crippen LogP contribution in [0, 0.1) is 18.3 Å². The van der Waals surface area contributed by atoms with E-state index < -0.39 is 0 Å². The van der Waals surface area contributed by atoms with Crippen LogP contribution in [0.25, 0.3) is 0 Å². The third-order valence-corrected chi connectivity index (χ3v) is 3.10. The monoisotopic (exact) mass is 276 g/mol. The van der Waals surface area contributed by atoms with E-state index in [9.17, 15) is 0 Å². The van der Waals surface area contributed by atoms with Crippen LogP contribution in [0.4, 0.5) is 11.4 Å². The Bertz CT molecular complexity index is 630. The van der Waals surface area contributed by atoms with Crippen molar-refractivity contribution in [3.05, 3.63) is 57.6 Å². The molecule has 0 fully saturated rings. The van der Waals surface area contributed by atoms with Gasteiger partial charge in [-0.05, 0) is 48.9 Å². The summed E-state index contributed by atoms with van der Waals surface area (Å²) >= 11 is 11.9. The lowest BCUT2D eigenvalue weighted by Crippen LogP contribution is -1.93. The minimum absolute atomic E-state index is 0.439. The topological polar surface area (TPSA) is 35.8 Å². The molecular formula is C14H10Cl2N2. The summed E-state index contributed by atoms with van der Waals surface area (Å²) in [5, 5.41) is 13.2. The molecule has 18 heavy (non-hydrogen) atoms. The summed E-state index contributed by atoms with van der Waals surface area (Å²) < 4.78 is 0. The van der Waals surface area contributed by atoms with E-state index >= 15 is 0 Å². The Morgan fingerprint density at radius 2 is 1.89 bits per heavy atom. The lowest BCUT2D eigenvalue weighted by molar-refractivity contribution is 1.42. The van der Waals surface area contributed by atoms with Crippen molar-refractivity contribution in [3.63, 3.8) is 0 Å². The van der Waals surface area contributed by atoms with Crippen molar-refractivity contribution in [1.29, 1.82) is 5.26 Å². The largest absolute Gasteiger partial charge is 0.355 e. The molecule has 0 aliphatic rings. The zero-order valence-electron chi connectivity index (χ0n) is 9.67. The Labute approximate surface area is 116 Å². The number of halogens is 2. The normalized spacial score (nSPS) is 9.89. The third-order valence-electron chi connectivity index (χ3n) is 2.56. The van der Waals surface area contributed by atoms with Gasteiger partial charge in [-0.25, -0.2) is 0 Å². The van der Waals surface area contributed by atoms with Crippen LogP contribution in [0.5, 0.6) is 0 Å². The first-order chi connectivity index (χ1) is 8.60. The number of aryl methyl sites for hydroxylation is 1. The molecule has 4 heteroatoms. The molecule has 1 N–H and O–H groups in total. The van der Waals surface area contributed by atoms with Crippen LogP contribution in [0.3, 0.4) is 0 Å². The van der Waals surface area contributed by atoms with E-state index in [1.54, 1.807) is 12.1 Å². The Hall–Kier alpha value is -1.69. The molecule has 90 valence electrons. The molecule has 0 spiro atoms. The van der Waals surface area contributed by atoms with Crippen LogP contribution in [0.1, 0.15) is 11.1 Å². The van der Waals surface area contributed by atoms with Crippen molar-refractivity contribution in [2.75, 3.05) is 5.32 Å². The molecule has 2 rings (SSSR count). The number of nitriles is 1. The number of rotatable bonds is 2. The van der Waals surface area contributed by atoms with Crippen molar-refractivity contribution in [3.8, 4) is 6.07 Å². The maximum absolute atomic E-state index is 8.80. The van der Waals surface area contributed by atoms with E-state index in [4.69, 9.17) is 28.5 Å². The summed E-state index contributed by atoms with van der Waals surface area (Å²) in [6, 6.07) is 12.9. The van der Waals surface area contributed by atoms with E-state index in [1.165, 1.54) is 0 Å². The lowest BCUT2D eigenvalue weighted by atomic mass is 10.1. The van der Waals surface area contributed by atoms with Gasteiger partial charge in [0, 0.05) is 16.4 Å². The van der Waals surface area contributed by atoms with Crippen molar-refractivity contribution in [2.45, 2.75) is 6.92 Å². The fraction of sp³-hybridized carbons (Fsp3) is 0.0714. The lowest BCUT2D eigenvalue weighted by Gasteiger charge is -2.10. The highest BCUT2D eigenvalue weighted by molar-refractivity contribution is 6.32. The van der Waals surface area contributed by atoms with Crippen LogP contribution < -0.4 is 5.32 Å². The Balaban J connectivity index is 2.29. The molecule has 0 atom stereocenters. The molecule has 0 aliphatic carbocycles. The quantitative estimate of drug-likeness (QED) is 0.845. The summed E-state index contributed by atoms with van der Waals surface area (Å²) in [6.07, 6.45) is 0. The summed E-state index contributed by atoms with van der Waals surface area (Å²) in [5.74, 6) is 0. The molecule has 2 aromatic carbocycles. The molecule has 0 saturated heterocycles. The molecule has 0 aliphatic heterocycles. The average Bonchev–Trinajstić information content (AvgIpc) is 2.33. The van der Waals surface area contributed by atoms with E-state index in [1.807, 2.05) is 37.3 Å². The Morgan fingerprint density at radius 3 is 2.50 bits per heavy atom. The molecule has 2 nitrogen and oxygen atoms in total. The highest BCUT2D eigenvalue weighted by Crippen LogP contribution is 2.26. The average molecular weight is 277 g/mol. The molecule has 2 aromatic rings. The van der Waals surface area contributed by atoms with Crippen LogP contribution in [-0.2, 0) is 0 Å². The minimum Gasteiger partial charge on any atom is -0.355 e. The van der Waals surface area contributed by atoms with E-state index in [-0.39, 0.29) is 0 Å². The highest BCUT2D eigenvalue weighted by Gasteiger charge is 2.03. The van der Waals surface area contributed by atoms with Gasteiger partial charge in [0.2, 0.25) is 0 Å². The zero-order valence-corrected chi connectivity index (χ0v) is 11.2. The number of nitrogens with one attached hydrogen (secondary N) is 1. The Kier molecular flexibility index (Phi) is 3.76. The van der Waals surface area contributed by atoms with Gasteiger partial charge in [0.05, 0.1) is 10.6 Å². The number of anilines is 2. The molecule has 0 unspecified atom stereocenters. The third kappa shape index (κ3) is 2.76. The smallest absolute Gasteiger partial charge is 0.101 e. The van der Waals surface area contributed by atoms with Crippen molar-refractivity contribution < 1.29 is 0 Å². The van der Waals surface area contributed by atoms with Gasteiger partial charge in [-0.2, -0.15) is 5.26 Å². The standard InChI is InChI=1S/C14H10Cl2N2/c1-9-6-11(15)3-5-14(9)18-12-4-2-10(8-17)13(16)7-12/h2-7,18H,1H3. The fourth-order valence-corrected chi connectivity index (χ4v) is 2.06. The second kappa shape index (κ2) is 5.30. The fourth-order valence-electron chi connectivity index (χ4n) is 1.61. The van der Waals surface area contributed by atoms with Crippen LogP contribution in [0.2, 0.25) is 10.0 Å². The van der Waals surface area contributed by atoms with E-state index in [2.05, 4.69) is 5.32 Å². The first-order valence-corrected chi connectivity index (χ1v) is 6.08. The SMILES string of the molecule is Cc1cc(Cl)ccc1Nc1ccc(C#N)c(Cl)c1. The summed E-state index contributed by atoms with van der Waals surface area (Å²) in [4.78, 5) is 0. The van der Waals surface area contributed by atoms with Gasteiger partial charge in [-0.3, -0.25) is 0 Å². The molecular weight excluding hydrogens is 267 g/mol. The first-order valence-electron chi connectivity index (χ1n) is 5.33. The number of nitrogens with zero attached hydrogens (tertiary/aromatic N) is 1. The maximum Gasteiger partial charge on any atom is 0.101 e. The maximum atomic E-state index is 8.80. The highest BCUT2D eigenvalue weighted by atomic mass is 35.5. The van der Waals surface area contributed by atoms with Crippen molar-refractivity contribution >= 4 is 34.6 Å². The molecule has 0 heterocycles. The molecule has 0 saturated carbocycles. The molecule has 0 aromatic heterocycles. The second-order valence-corrected chi connectivity index (χ2v) is 4.73. The van der Waals surface area contributed by atoms with Crippen molar-refractivity contribution in [2.24, 2.45) is 0 Å². The van der Waals surface area contributed by atoms with Gasteiger partial charge in [0.25, 0.3) is 0 Å². The van der Waals surface area contributed by atoms with Crippen molar-refractivity contribution in [1.82, 2.24) is 0 Å². The van der Waals surface area contributed by atoms with Gasteiger partial charge < -0.3 is 5.32 Å². The molecule has 0 bridgehead atoms. The van der Waals surface area contributed by atoms with Gasteiger partial charge in [-0.15, -0.1) is 0 Å². The van der Waals surface area contributed by atoms with E-state index in [0.29, 0.717) is 15.6 Å². The Morgan fingerprint density at radius 1 is 1.11 bits per heavy atom. The minimum atomic E-state index is 0.439. The second-order valence-electron chi connectivity index (χ2n) is 3.89. The molecule has 0 radical (unpaired) electrons. The predicted molar refractivity (Wildman–Crippen MR) is 75.6 cm³/mol. The van der Waals surface area contributed by atoms with Gasteiger partial charge in [0.15, 0.2) is 0 Å².